The molecule has 2 aliphatic carbocycles. The van der Waals surface area contributed by atoms with Crippen LogP contribution in [0.4, 0.5) is 0 Å². The lowest BCUT2D eigenvalue weighted by Crippen LogP contribution is -2.33. The molecule has 3 rings (SSSR count). The second-order valence-corrected chi connectivity index (χ2v) is 8.46. The molecule has 188 valence electrons. The number of methoxy groups -OCH3 is 2. The second-order valence-electron chi connectivity index (χ2n) is 8.08. The highest BCUT2D eigenvalue weighted by Crippen LogP contribution is 2.42. The normalized spacial score (nSPS) is 19.5. The van der Waals surface area contributed by atoms with Crippen LogP contribution < -0.4 is 9.47 Å². The van der Waals surface area contributed by atoms with Gasteiger partial charge in [0, 0.05) is 19.2 Å². The van der Waals surface area contributed by atoms with Crippen molar-refractivity contribution in [2.24, 2.45) is 11.1 Å². The van der Waals surface area contributed by atoms with E-state index >= 15 is 0 Å². The molecule has 0 N–H and O–H groups in total. The van der Waals surface area contributed by atoms with Gasteiger partial charge >= 0.3 is 0 Å². The summed E-state index contributed by atoms with van der Waals surface area (Å²) in [6, 6.07) is 3.53. The smallest absolute Gasteiger partial charge is 0.274 e. The molecule has 0 heterocycles. The fraction of sp³-hybridized carbons (Fsp3) is 0.440. The van der Waals surface area contributed by atoms with Crippen LogP contribution in [0.3, 0.4) is 0 Å². The lowest BCUT2D eigenvalue weighted by atomic mass is 9.75. The van der Waals surface area contributed by atoms with Crippen molar-refractivity contribution < 1.29 is 24.0 Å². The number of amides is 1. The average molecular weight is 504 g/mol. The first-order chi connectivity index (χ1) is 16.9. The van der Waals surface area contributed by atoms with Gasteiger partial charge in [0.15, 0.2) is 18.1 Å². The molecule has 1 atom stereocenters. The Bertz CT molecular complexity index is 1100. The van der Waals surface area contributed by atoms with Gasteiger partial charge in [0.05, 0.1) is 29.7 Å². The van der Waals surface area contributed by atoms with Gasteiger partial charge in [-0.05, 0) is 68.4 Å². The van der Waals surface area contributed by atoms with Crippen molar-refractivity contribution >= 4 is 29.3 Å². The van der Waals surface area contributed by atoms with Gasteiger partial charge < -0.3 is 19.2 Å². The third kappa shape index (κ3) is 5.67. The number of halogens is 1. The van der Waals surface area contributed by atoms with E-state index in [0.29, 0.717) is 65.7 Å². The Balaban J connectivity index is 2.07. The van der Waals surface area contributed by atoms with E-state index in [1.807, 2.05) is 26.0 Å². The van der Waals surface area contributed by atoms with E-state index in [1.54, 1.807) is 17.0 Å². The van der Waals surface area contributed by atoms with E-state index in [1.165, 1.54) is 20.3 Å². The number of hydrogen-bond donors (Lipinski definition) is 0. The number of nitro groups is 1. The Hall–Kier alpha value is -3.33. The minimum atomic E-state index is -0.402. The van der Waals surface area contributed by atoms with Crippen LogP contribution in [-0.2, 0) is 9.63 Å². The molecule has 0 bridgehead atoms. The predicted molar refractivity (Wildman–Crippen MR) is 134 cm³/mol. The quantitative estimate of drug-likeness (QED) is 0.351. The van der Waals surface area contributed by atoms with Crippen LogP contribution in [0.5, 0.6) is 11.5 Å². The first-order valence-electron chi connectivity index (χ1n) is 11.5. The molecule has 0 spiro atoms. The zero-order chi connectivity index (χ0) is 25.5. The Labute approximate surface area is 209 Å². The molecule has 1 unspecified atom stereocenters. The number of benzene rings is 1. The van der Waals surface area contributed by atoms with Crippen molar-refractivity contribution in [3.8, 4) is 11.5 Å². The molecule has 0 radical (unpaired) electrons. The highest BCUT2D eigenvalue weighted by molar-refractivity contribution is 6.34. The van der Waals surface area contributed by atoms with E-state index in [4.69, 9.17) is 25.9 Å². The topological polar surface area (TPSA) is 104 Å². The highest BCUT2D eigenvalue weighted by atomic mass is 35.5. The maximum atomic E-state index is 12.4. The lowest BCUT2D eigenvalue weighted by molar-refractivity contribution is -0.420. The summed E-state index contributed by atoms with van der Waals surface area (Å²) >= 11 is 6.59. The number of oxime groups is 1. The van der Waals surface area contributed by atoms with E-state index in [9.17, 15) is 14.9 Å². The second kappa shape index (κ2) is 11.9. The molecule has 35 heavy (non-hydrogen) atoms. The van der Waals surface area contributed by atoms with Crippen LogP contribution >= 0.6 is 11.6 Å². The molecule has 0 saturated heterocycles. The summed E-state index contributed by atoms with van der Waals surface area (Å²) in [5.41, 5.74) is 2.26. The van der Waals surface area contributed by atoms with E-state index in [2.05, 4.69) is 5.16 Å². The Morgan fingerprint density at radius 1 is 1.29 bits per heavy atom. The molecule has 2 aliphatic rings. The predicted octanol–water partition coefficient (Wildman–Crippen LogP) is 4.88. The first-order valence-corrected chi connectivity index (χ1v) is 11.9. The maximum Gasteiger partial charge on any atom is 0.274 e. The fourth-order valence-electron chi connectivity index (χ4n) is 4.39. The zero-order valence-corrected chi connectivity index (χ0v) is 21.1. The van der Waals surface area contributed by atoms with E-state index in [0.717, 1.165) is 5.57 Å². The molecule has 1 fully saturated rings. The highest BCUT2D eigenvalue weighted by Gasteiger charge is 2.36. The summed E-state index contributed by atoms with van der Waals surface area (Å²) in [7, 11) is 3.03. The summed E-state index contributed by atoms with van der Waals surface area (Å²) in [4.78, 5) is 30.9. The fourth-order valence-corrected chi connectivity index (χ4v) is 4.68. The van der Waals surface area contributed by atoms with Gasteiger partial charge in [-0.25, -0.2) is 0 Å². The van der Waals surface area contributed by atoms with Gasteiger partial charge in [-0.1, -0.05) is 22.8 Å². The summed E-state index contributed by atoms with van der Waals surface area (Å²) in [6.45, 7) is 4.63. The molecule has 1 aromatic rings. The number of likely N-dealkylation sites (N-methyl/N-ethyl adjacent to an activating group) is 1. The molecular weight excluding hydrogens is 474 g/mol. The monoisotopic (exact) mass is 503 g/mol. The number of hydrogen-bond acceptors (Lipinski definition) is 7. The number of rotatable bonds is 9. The van der Waals surface area contributed by atoms with Crippen molar-refractivity contribution in [3.63, 3.8) is 0 Å². The largest absolute Gasteiger partial charge is 0.493 e. The van der Waals surface area contributed by atoms with Crippen LogP contribution in [0.15, 0.2) is 46.3 Å². The number of nitrogens with zero attached hydrogens (tertiary/aromatic N) is 3. The number of carbonyl (C=O) groups excluding carboxylic acids is 1. The van der Waals surface area contributed by atoms with Crippen molar-refractivity contribution in [3.05, 3.63) is 61.8 Å². The minimum Gasteiger partial charge on any atom is -0.493 e. The van der Waals surface area contributed by atoms with Crippen LogP contribution in [-0.4, -0.2) is 55.4 Å². The molecule has 0 aliphatic heterocycles. The van der Waals surface area contributed by atoms with Gasteiger partial charge in [0.1, 0.15) is 5.71 Å². The van der Waals surface area contributed by atoms with Crippen LogP contribution in [0, 0.1) is 16.0 Å². The van der Waals surface area contributed by atoms with Crippen molar-refractivity contribution in [2.75, 3.05) is 33.9 Å². The molecule has 0 aromatic heterocycles. The molecular formula is C25H30ClN3O6. The van der Waals surface area contributed by atoms with E-state index < -0.39 is 4.92 Å². The summed E-state index contributed by atoms with van der Waals surface area (Å²) < 4.78 is 10.7. The number of fused-ring (bicyclic) bond motifs is 1. The molecule has 1 aromatic carbocycles. The molecule has 1 saturated carbocycles. The maximum absolute atomic E-state index is 12.4. The third-order valence-electron chi connectivity index (χ3n) is 6.20. The summed E-state index contributed by atoms with van der Waals surface area (Å²) in [6.07, 6.45) is 7.16. The van der Waals surface area contributed by atoms with Crippen molar-refractivity contribution in [1.29, 1.82) is 0 Å². The third-order valence-corrected chi connectivity index (χ3v) is 6.59. The molecule has 10 heteroatoms. The molecule has 9 nitrogen and oxygen atoms in total. The average Bonchev–Trinajstić information content (AvgIpc) is 2.86. The van der Waals surface area contributed by atoms with Crippen LogP contribution in [0.25, 0.3) is 6.08 Å². The Kier molecular flexibility index (Phi) is 8.92. The zero-order valence-electron chi connectivity index (χ0n) is 20.4. The Morgan fingerprint density at radius 2 is 2.03 bits per heavy atom. The van der Waals surface area contributed by atoms with Crippen LogP contribution in [0.1, 0.15) is 38.7 Å². The van der Waals surface area contributed by atoms with Gasteiger partial charge in [0.25, 0.3) is 11.6 Å². The number of ether oxygens (including phenoxy) is 2. The first kappa shape index (κ1) is 26.3. The number of allylic oxidation sites excluding steroid dienone is 4. The Morgan fingerprint density at radius 3 is 2.66 bits per heavy atom. The van der Waals surface area contributed by atoms with Gasteiger partial charge in [0.2, 0.25) is 0 Å². The standard InChI is InChI=1S/C25H30ClN3O6/c1-5-28(6-2)21(30)15-35-27-24-18(11-10-16-8-7-9-19(22(16)24)29(31)32)14-17-12-13-20(33-3)25(34-4)23(17)26/h7,9,12-14,16H,5-6,8,10-11,15H2,1-4H3. The van der Waals surface area contributed by atoms with Crippen molar-refractivity contribution in [1.82, 2.24) is 4.90 Å². The SMILES string of the molecule is CCN(CC)C(=O)CON=C1C(=Cc2ccc(OC)c(OC)c2Cl)CCC2CC=CC([N+](=O)[O-])=C12. The van der Waals surface area contributed by atoms with Crippen LogP contribution in [0.2, 0.25) is 5.02 Å². The van der Waals surface area contributed by atoms with Gasteiger partial charge in [-0.2, -0.15) is 0 Å². The van der Waals surface area contributed by atoms with Gasteiger partial charge in [-0.15, -0.1) is 0 Å². The lowest BCUT2D eigenvalue weighted by Gasteiger charge is -2.29. The van der Waals surface area contributed by atoms with Crippen molar-refractivity contribution in [2.45, 2.75) is 33.1 Å². The van der Waals surface area contributed by atoms with Gasteiger partial charge in [-0.3, -0.25) is 14.9 Å². The molecule has 1 amide bonds. The van der Waals surface area contributed by atoms with E-state index in [-0.39, 0.29) is 24.1 Å². The minimum absolute atomic E-state index is 0.0114. The summed E-state index contributed by atoms with van der Waals surface area (Å²) in [5.74, 6) is 0.625. The summed E-state index contributed by atoms with van der Waals surface area (Å²) in [5, 5.41) is 16.5. The number of carbonyl (C=O) groups is 1.